The molecule has 1 aliphatic heterocycles. The van der Waals surface area contributed by atoms with Gasteiger partial charge in [-0.05, 0) is 67.3 Å². The van der Waals surface area contributed by atoms with Gasteiger partial charge < -0.3 is 28.5 Å². The van der Waals surface area contributed by atoms with Crippen molar-refractivity contribution in [3.63, 3.8) is 0 Å². The highest BCUT2D eigenvalue weighted by molar-refractivity contribution is 7.22. The largest absolute Gasteiger partial charge is 0.503 e. The van der Waals surface area contributed by atoms with Crippen LogP contribution in [0.5, 0.6) is 23.0 Å². The summed E-state index contributed by atoms with van der Waals surface area (Å²) in [6.45, 7) is 7.13. The highest BCUT2D eigenvalue weighted by Crippen LogP contribution is 2.46. The van der Waals surface area contributed by atoms with Crippen LogP contribution in [-0.4, -0.2) is 49.2 Å². The summed E-state index contributed by atoms with van der Waals surface area (Å²) in [4.78, 5) is 34.2. The Morgan fingerprint density at radius 2 is 1.83 bits per heavy atom. The van der Waals surface area contributed by atoms with Crippen LogP contribution in [0, 0.1) is 5.92 Å². The van der Waals surface area contributed by atoms with Crippen LogP contribution in [-0.2, 0) is 4.79 Å². The number of benzene rings is 3. The number of aromatic nitrogens is 1. The summed E-state index contributed by atoms with van der Waals surface area (Å²) in [7, 11) is 3.03. The smallest absolute Gasteiger partial charge is 0.296 e. The molecule has 0 spiro atoms. The van der Waals surface area contributed by atoms with Gasteiger partial charge in [-0.2, -0.15) is 0 Å². The van der Waals surface area contributed by atoms with Crippen LogP contribution in [0.4, 0.5) is 5.13 Å². The van der Waals surface area contributed by atoms with Crippen LogP contribution < -0.4 is 23.8 Å². The maximum absolute atomic E-state index is 14.2. The highest BCUT2D eigenvalue weighted by Gasteiger charge is 2.47. The van der Waals surface area contributed by atoms with Gasteiger partial charge in [0.25, 0.3) is 5.91 Å². The van der Waals surface area contributed by atoms with Crippen LogP contribution in [0.15, 0.2) is 76.4 Å². The molecule has 0 saturated carbocycles. The Hall–Kier alpha value is -5.03. The monoisotopic (exact) mass is 642 g/mol. The summed E-state index contributed by atoms with van der Waals surface area (Å²) in [5, 5.41) is 12.3. The second-order valence-corrected chi connectivity index (χ2v) is 12.2. The Morgan fingerprint density at radius 3 is 2.57 bits per heavy atom. The van der Waals surface area contributed by atoms with Gasteiger partial charge >= 0.3 is 0 Å². The molecule has 0 bridgehead atoms. The number of hydrogen-bond acceptors (Lipinski definition) is 10. The summed E-state index contributed by atoms with van der Waals surface area (Å²) >= 11 is 1.25. The van der Waals surface area contributed by atoms with Crippen molar-refractivity contribution in [1.82, 2.24) is 4.98 Å². The van der Waals surface area contributed by atoms with Gasteiger partial charge in [0.1, 0.15) is 5.75 Å². The maximum atomic E-state index is 14.2. The second kappa shape index (κ2) is 12.8. The van der Waals surface area contributed by atoms with Crippen LogP contribution >= 0.6 is 11.3 Å². The van der Waals surface area contributed by atoms with E-state index in [1.54, 1.807) is 42.5 Å². The molecule has 6 rings (SSSR count). The number of aliphatic hydroxyl groups is 1. The number of ether oxygens (including phenoxy) is 4. The zero-order chi connectivity index (χ0) is 32.5. The number of carbonyl (C=O) groups excluding carboxylic acids is 2. The summed E-state index contributed by atoms with van der Waals surface area (Å²) in [5.74, 6) is 0.387. The van der Waals surface area contributed by atoms with E-state index in [1.165, 1.54) is 30.5 Å². The molecule has 1 N–H and O–H groups in total. The van der Waals surface area contributed by atoms with Gasteiger partial charge in [0.2, 0.25) is 5.78 Å². The van der Waals surface area contributed by atoms with Crippen LogP contribution in [0.25, 0.3) is 21.2 Å². The van der Waals surface area contributed by atoms with Crippen molar-refractivity contribution < 1.29 is 38.1 Å². The molecule has 3 heterocycles. The van der Waals surface area contributed by atoms with E-state index >= 15 is 0 Å². The SMILES string of the molecule is CCOc1ccc2nc(N3C(=O)C(O)=C(C(=O)c4cc5cccc(OC)c5o4)C3c3ccc(OCCC(C)C)c(OC)c3)sc2c1. The predicted molar refractivity (Wildman–Crippen MR) is 176 cm³/mol. The Bertz CT molecular complexity index is 1970. The number of ketones is 1. The molecule has 1 unspecified atom stereocenters. The fourth-order valence-electron chi connectivity index (χ4n) is 5.42. The van der Waals surface area contributed by atoms with Crippen molar-refractivity contribution in [2.24, 2.45) is 5.92 Å². The molecule has 238 valence electrons. The number of fused-ring (bicyclic) bond motifs is 2. The van der Waals surface area contributed by atoms with Gasteiger partial charge in [-0.15, -0.1) is 0 Å². The topological polar surface area (TPSA) is 121 Å². The summed E-state index contributed by atoms with van der Waals surface area (Å²) in [5.41, 5.74) is 1.39. The number of nitrogens with zero attached hydrogens (tertiary/aromatic N) is 2. The molecule has 0 saturated heterocycles. The Morgan fingerprint density at radius 1 is 1.02 bits per heavy atom. The summed E-state index contributed by atoms with van der Waals surface area (Å²) < 4.78 is 29.5. The summed E-state index contributed by atoms with van der Waals surface area (Å²) in [6.07, 6.45) is 0.857. The third-order valence-electron chi connectivity index (χ3n) is 7.73. The first-order chi connectivity index (χ1) is 22.2. The molecule has 0 fully saturated rings. The van der Waals surface area contributed by atoms with E-state index in [0.29, 0.717) is 69.3 Å². The molecular formula is C35H34N2O8S. The lowest BCUT2D eigenvalue weighted by molar-refractivity contribution is -0.117. The molecule has 1 aliphatic rings. The molecule has 10 nitrogen and oxygen atoms in total. The zero-order valence-electron chi connectivity index (χ0n) is 26.2. The Balaban J connectivity index is 1.47. The van der Waals surface area contributed by atoms with Crippen LogP contribution in [0.2, 0.25) is 0 Å². The van der Waals surface area contributed by atoms with E-state index in [0.717, 1.165) is 11.1 Å². The van der Waals surface area contributed by atoms with Crippen molar-refractivity contribution in [3.8, 4) is 23.0 Å². The van der Waals surface area contributed by atoms with E-state index in [2.05, 4.69) is 13.8 Å². The average Bonchev–Trinajstić information content (AvgIpc) is 3.74. The van der Waals surface area contributed by atoms with Gasteiger partial charge in [0, 0.05) is 5.39 Å². The molecule has 0 radical (unpaired) electrons. The van der Waals surface area contributed by atoms with Gasteiger partial charge in [0.05, 0.1) is 49.3 Å². The number of furan rings is 1. The number of thiazole rings is 1. The fourth-order valence-corrected chi connectivity index (χ4v) is 6.44. The molecule has 5 aromatic rings. The molecule has 1 atom stereocenters. The predicted octanol–water partition coefficient (Wildman–Crippen LogP) is 7.67. The molecule has 0 aliphatic carbocycles. The first kappa shape index (κ1) is 31.0. The molecule has 3 aromatic carbocycles. The maximum Gasteiger partial charge on any atom is 0.296 e. The number of aliphatic hydroxyl groups excluding tert-OH is 1. The van der Waals surface area contributed by atoms with Gasteiger partial charge in [-0.1, -0.05) is 43.4 Å². The third kappa shape index (κ3) is 5.62. The lowest BCUT2D eigenvalue weighted by Gasteiger charge is -2.25. The number of rotatable bonds is 12. The van der Waals surface area contributed by atoms with E-state index in [4.69, 9.17) is 28.3 Å². The highest BCUT2D eigenvalue weighted by atomic mass is 32.1. The number of amides is 1. The quantitative estimate of drug-likeness (QED) is 0.137. The van der Waals surface area contributed by atoms with E-state index in [-0.39, 0.29) is 11.3 Å². The minimum Gasteiger partial charge on any atom is -0.503 e. The van der Waals surface area contributed by atoms with Crippen molar-refractivity contribution in [1.29, 1.82) is 0 Å². The number of Topliss-reactive ketones (excluding diaryl/α,β-unsaturated/α-hetero) is 1. The van der Waals surface area contributed by atoms with E-state index in [1.807, 2.05) is 25.1 Å². The zero-order valence-corrected chi connectivity index (χ0v) is 27.0. The lowest BCUT2D eigenvalue weighted by Crippen LogP contribution is -2.31. The number of methoxy groups -OCH3 is 2. The Kier molecular flexibility index (Phi) is 8.59. The minimum atomic E-state index is -1.05. The second-order valence-electron chi connectivity index (χ2n) is 11.2. The minimum absolute atomic E-state index is 0.0491. The Labute approximate surface area is 269 Å². The lowest BCUT2D eigenvalue weighted by atomic mass is 9.95. The van der Waals surface area contributed by atoms with E-state index in [9.17, 15) is 14.7 Å². The average molecular weight is 643 g/mol. The normalized spacial score (nSPS) is 15.0. The van der Waals surface area contributed by atoms with Crippen LogP contribution in [0.1, 0.15) is 49.4 Å². The van der Waals surface area contributed by atoms with Crippen LogP contribution in [0.3, 0.4) is 0 Å². The van der Waals surface area contributed by atoms with Crippen molar-refractivity contribution in [2.45, 2.75) is 33.2 Å². The first-order valence-corrected chi connectivity index (χ1v) is 15.8. The third-order valence-corrected chi connectivity index (χ3v) is 8.74. The van der Waals surface area contributed by atoms with Crippen molar-refractivity contribution in [3.05, 3.63) is 83.3 Å². The molecule has 2 aromatic heterocycles. The van der Waals surface area contributed by atoms with Crippen molar-refractivity contribution >= 4 is 49.3 Å². The number of anilines is 1. The van der Waals surface area contributed by atoms with Gasteiger partial charge in [0.15, 0.2) is 39.5 Å². The number of para-hydroxylation sites is 1. The standard InChI is InChI=1S/C35H34N2O8S/c1-6-43-22-11-12-23-28(18-22)46-35(36-23)37-30(20-10-13-24(26(16-20)42-5)44-15-14-19(2)3)29(32(39)34(37)40)31(38)27-17-21-8-7-9-25(41-4)33(21)45-27/h7-13,16-19,30,39H,6,14-15H2,1-5H3. The first-order valence-electron chi connectivity index (χ1n) is 15.0. The molecule has 1 amide bonds. The summed E-state index contributed by atoms with van der Waals surface area (Å²) in [6, 6.07) is 16.5. The van der Waals surface area contributed by atoms with Crippen molar-refractivity contribution in [2.75, 3.05) is 32.3 Å². The van der Waals surface area contributed by atoms with Gasteiger partial charge in [-0.25, -0.2) is 4.98 Å². The van der Waals surface area contributed by atoms with Gasteiger partial charge in [-0.3, -0.25) is 14.5 Å². The number of hydrogen-bond donors (Lipinski definition) is 1. The molecular weight excluding hydrogens is 608 g/mol. The number of carbonyl (C=O) groups is 2. The van der Waals surface area contributed by atoms with E-state index < -0.39 is 23.5 Å². The fraction of sp³-hybridized carbons (Fsp3) is 0.286. The molecule has 11 heteroatoms. The molecule has 46 heavy (non-hydrogen) atoms.